The smallest absolute Gasteiger partial charge is 0.251 e. The van der Waals surface area contributed by atoms with E-state index in [-0.39, 0.29) is 39.6 Å². The number of H-pyrrole nitrogens is 1. The van der Waals surface area contributed by atoms with Crippen LogP contribution in [0.25, 0.3) is 10.9 Å². The molecule has 3 aromatic rings. The molecule has 0 atom stereocenters. The molecule has 0 saturated carbocycles. The molecule has 6 heteroatoms. The first-order chi connectivity index (χ1) is 10.9. The van der Waals surface area contributed by atoms with Crippen molar-refractivity contribution < 1.29 is 9.59 Å². The first-order valence-corrected chi connectivity index (χ1v) is 7.39. The van der Waals surface area contributed by atoms with E-state index in [4.69, 9.17) is 11.6 Å². The zero-order chi connectivity index (χ0) is 16.5. The van der Waals surface area contributed by atoms with Crippen LogP contribution in [-0.2, 0) is 7.05 Å². The van der Waals surface area contributed by atoms with Gasteiger partial charge in [-0.2, -0.15) is 0 Å². The topological polar surface area (TPSA) is 71.9 Å². The molecule has 0 radical (unpaired) electrons. The number of halogens is 1. The van der Waals surface area contributed by atoms with Crippen LogP contribution in [0.5, 0.6) is 0 Å². The van der Waals surface area contributed by atoms with Gasteiger partial charge in [-0.1, -0.05) is 11.6 Å². The van der Waals surface area contributed by atoms with Gasteiger partial charge in [-0.05, 0) is 30.7 Å². The van der Waals surface area contributed by atoms with Crippen molar-refractivity contribution in [2.24, 2.45) is 7.05 Å². The highest BCUT2D eigenvalue weighted by Crippen LogP contribution is 2.34. The number of pyridine rings is 1. The quantitative estimate of drug-likeness (QED) is 0.540. The van der Waals surface area contributed by atoms with Gasteiger partial charge >= 0.3 is 0 Å². The maximum absolute atomic E-state index is 13.0. The molecule has 2 heterocycles. The SMILES string of the molecule is Cc1cc(=O)n(C)c2c1C(=O)c1[nH]c3ccc(Cl)cc3c1C2=O. The number of nitrogens with one attached hydrogen (secondary N) is 1. The third kappa shape index (κ3) is 1.71. The molecule has 1 aromatic carbocycles. The van der Waals surface area contributed by atoms with E-state index in [1.165, 1.54) is 17.7 Å². The van der Waals surface area contributed by atoms with Crippen LogP contribution >= 0.6 is 11.6 Å². The van der Waals surface area contributed by atoms with E-state index < -0.39 is 0 Å². The molecule has 0 spiro atoms. The van der Waals surface area contributed by atoms with Crippen LogP contribution < -0.4 is 5.56 Å². The van der Waals surface area contributed by atoms with Gasteiger partial charge in [-0.3, -0.25) is 14.4 Å². The monoisotopic (exact) mass is 326 g/mol. The van der Waals surface area contributed by atoms with Crippen LogP contribution in [0.1, 0.15) is 37.7 Å². The number of ketones is 2. The Hall–Kier alpha value is -2.66. The third-order valence-corrected chi connectivity index (χ3v) is 4.53. The Morgan fingerprint density at radius 1 is 1.04 bits per heavy atom. The Morgan fingerprint density at radius 3 is 2.52 bits per heavy atom. The fraction of sp³-hybridized carbons (Fsp3) is 0.118. The number of rotatable bonds is 0. The predicted octanol–water partition coefficient (Wildman–Crippen LogP) is 2.60. The first kappa shape index (κ1) is 14.0. The molecule has 0 fully saturated rings. The van der Waals surface area contributed by atoms with E-state index in [0.29, 0.717) is 21.5 Å². The minimum absolute atomic E-state index is 0.133. The van der Waals surface area contributed by atoms with Crippen molar-refractivity contribution in [1.29, 1.82) is 0 Å². The van der Waals surface area contributed by atoms with Gasteiger partial charge in [0.1, 0.15) is 5.69 Å². The summed E-state index contributed by atoms with van der Waals surface area (Å²) >= 11 is 6.02. The summed E-state index contributed by atoms with van der Waals surface area (Å²) in [4.78, 5) is 40.9. The summed E-state index contributed by atoms with van der Waals surface area (Å²) in [7, 11) is 1.50. The van der Waals surface area contributed by atoms with Crippen LogP contribution in [0.4, 0.5) is 0 Å². The molecule has 0 bridgehead atoms. The van der Waals surface area contributed by atoms with Crippen molar-refractivity contribution in [3.8, 4) is 0 Å². The minimum Gasteiger partial charge on any atom is -0.351 e. The summed E-state index contributed by atoms with van der Waals surface area (Å²) in [5.41, 5.74) is 1.79. The number of fused-ring (bicyclic) bond motifs is 4. The van der Waals surface area contributed by atoms with Gasteiger partial charge < -0.3 is 9.55 Å². The van der Waals surface area contributed by atoms with E-state index in [9.17, 15) is 14.4 Å². The van der Waals surface area contributed by atoms with Crippen molar-refractivity contribution in [2.75, 3.05) is 0 Å². The van der Waals surface area contributed by atoms with Gasteiger partial charge in [0.15, 0.2) is 0 Å². The second-order valence-corrected chi connectivity index (χ2v) is 6.11. The summed E-state index contributed by atoms with van der Waals surface area (Å²) in [5.74, 6) is -0.624. The highest BCUT2D eigenvalue weighted by molar-refractivity contribution is 6.34. The predicted molar refractivity (Wildman–Crippen MR) is 86.6 cm³/mol. The number of carbonyl (C=O) groups is 2. The number of nitrogens with zero attached hydrogens (tertiary/aromatic N) is 1. The van der Waals surface area contributed by atoms with Crippen LogP contribution in [-0.4, -0.2) is 21.1 Å². The zero-order valence-electron chi connectivity index (χ0n) is 12.4. The molecule has 0 saturated heterocycles. The van der Waals surface area contributed by atoms with E-state index in [1.54, 1.807) is 25.1 Å². The molecule has 0 aliphatic heterocycles. The Balaban J connectivity index is 2.17. The van der Waals surface area contributed by atoms with Crippen LogP contribution in [0.15, 0.2) is 29.1 Å². The van der Waals surface area contributed by atoms with Crippen molar-refractivity contribution in [1.82, 2.24) is 9.55 Å². The van der Waals surface area contributed by atoms with Gasteiger partial charge in [0.25, 0.3) is 5.56 Å². The number of aromatic amines is 1. The molecule has 0 unspecified atom stereocenters. The molecular formula is C17H11ClN2O3. The summed E-state index contributed by atoms with van der Waals surface area (Å²) in [6.07, 6.45) is 0. The summed E-state index contributed by atoms with van der Waals surface area (Å²) in [6, 6.07) is 6.44. The Kier molecular flexibility index (Phi) is 2.69. The lowest BCUT2D eigenvalue weighted by molar-refractivity contribution is 0.0970. The van der Waals surface area contributed by atoms with Gasteiger partial charge in [-0.25, -0.2) is 0 Å². The number of aryl methyl sites for hydroxylation is 1. The number of hydrogen-bond donors (Lipinski definition) is 1. The molecule has 2 aromatic heterocycles. The second kappa shape index (κ2) is 4.43. The lowest BCUT2D eigenvalue weighted by Crippen LogP contribution is -2.31. The van der Waals surface area contributed by atoms with Crippen molar-refractivity contribution in [3.05, 3.63) is 67.7 Å². The summed E-state index contributed by atoms with van der Waals surface area (Å²) in [6.45, 7) is 1.66. The van der Waals surface area contributed by atoms with Crippen molar-refractivity contribution in [2.45, 2.75) is 6.92 Å². The number of benzene rings is 1. The average molecular weight is 327 g/mol. The fourth-order valence-electron chi connectivity index (χ4n) is 3.19. The highest BCUT2D eigenvalue weighted by Gasteiger charge is 2.36. The zero-order valence-corrected chi connectivity index (χ0v) is 13.1. The van der Waals surface area contributed by atoms with Crippen molar-refractivity contribution >= 4 is 34.1 Å². The summed E-state index contributed by atoms with van der Waals surface area (Å²) in [5, 5.41) is 1.06. The summed E-state index contributed by atoms with van der Waals surface area (Å²) < 4.78 is 1.23. The first-order valence-electron chi connectivity index (χ1n) is 7.01. The maximum Gasteiger partial charge on any atom is 0.251 e. The highest BCUT2D eigenvalue weighted by atomic mass is 35.5. The normalized spacial score (nSPS) is 13.3. The molecule has 4 rings (SSSR count). The van der Waals surface area contributed by atoms with Gasteiger partial charge in [0.05, 0.1) is 16.8 Å². The van der Waals surface area contributed by atoms with Crippen LogP contribution in [0.3, 0.4) is 0 Å². The Morgan fingerprint density at radius 2 is 1.78 bits per heavy atom. The van der Waals surface area contributed by atoms with E-state index in [0.717, 1.165) is 0 Å². The van der Waals surface area contributed by atoms with Crippen LogP contribution in [0, 0.1) is 6.92 Å². The molecule has 5 nitrogen and oxygen atoms in total. The number of carbonyl (C=O) groups excluding carboxylic acids is 2. The standard InChI is InChI=1S/C17H11ClN2O3/c1-7-5-11(21)20(2)15-12(7)16(22)14-13(17(15)23)9-6-8(18)3-4-10(9)19-14/h3-6,19H,1-2H3. The minimum atomic E-state index is -0.341. The maximum atomic E-state index is 13.0. The van der Waals surface area contributed by atoms with Crippen LogP contribution in [0.2, 0.25) is 5.02 Å². The van der Waals surface area contributed by atoms with E-state index in [1.807, 2.05) is 0 Å². The Labute approximate surface area is 135 Å². The number of aromatic nitrogens is 2. The molecule has 1 aliphatic rings. The van der Waals surface area contributed by atoms with E-state index in [2.05, 4.69) is 4.98 Å². The van der Waals surface area contributed by atoms with Crippen molar-refractivity contribution in [3.63, 3.8) is 0 Å². The molecule has 0 amide bonds. The molecule has 114 valence electrons. The van der Waals surface area contributed by atoms with Gasteiger partial charge in [0, 0.05) is 29.0 Å². The lowest BCUT2D eigenvalue weighted by atomic mass is 9.87. The number of hydrogen-bond acceptors (Lipinski definition) is 3. The molecule has 23 heavy (non-hydrogen) atoms. The largest absolute Gasteiger partial charge is 0.351 e. The fourth-order valence-corrected chi connectivity index (χ4v) is 3.36. The van der Waals surface area contributed by atoms with Gasteiger partial charge in [0.2, 0.25) is 11.6 Å². The second-order valence-electron chi connectivity index (χ2n) is 5.67. The lowest BCUT2D eigenvalue weighted by Gasteiger charge is -2.19. The van der Waals surface area contributed by atoms with E-state index >= 15 is 0 Å². The average Bonchev–Trinajstić information content (AvgIpc) is 2.87. The Bertz CT molecular complexity index is 1110. The molecule has 1 N–H and O–H groups in total. The molecular weight excluding hydrogens is 316 g/mol. The van der Waals surface area contributed by atoms with Gasteiger partial charge in [-0.15, -0.1) is 0 Å². The third-order valence-electron chi connectivity index (χ3n) is 4.29. The molecule has 1 aliphatic carbocycles.